The van der Waals surface area contributed by atoms with Crippen LogP contribution in [0.3, 0.4) is 0 Å². The van der Waals surface area contributed by atoms with E-state index in [1.54, 1.807) is 55.8 Å². The second-order valence-electron chi connectivity index (χ2n) is 23.2. The summed E-state index contributed by atoms with van der Waals surface area (Å²) in [4.78, 5) is 73.2. The molecule has 1 saturated heterocycles. The van der Waals surface area contributed by atoms with Crippen LogP contribution in [0, 0.1) is 31.0 Å². The number of thiophene rings is 1. The van der Waals surface area contributed by atoms with Crippen molar-refractivity contribution in [3.63, 3.8) is 0 Å². The van der Waals surface area contributed by atoms with Gasteiger partial charge in [-0.3, -0.25) is 14.5 Å². The number of hydrogen-bond donors (Lipinski definition) is 6. The molecule has 8 aromatic rings. The maximum Gasteiger partial charge on any atom is 0.345 e. The number of nitrogens with zero attached hydrogens (tertiary/aromatic N) is 6. The Kier molecular flexibility index (Phi) is 23.3. The summed E-state index contributed by atoms with van der Waals surface area (Å²) in [5.41, 5.74) is 18.3. The Morgan fingerprint density at radius 1 is 0.882 bits per heavy atom. The number of quaternary nitrogens is 1. The first-order chi connectivity index (χ1) is 44.8. The lowest BCUT2D eigenvalue weighted by molar-refractivity contribution is -0.926. The van der Waals surface area contributed by atoms with Gasteiger partial charge in [0.05, 0.1) is 61.6 Å². The molecule has 21 nitrogen and oxygen atoms in total. The van der Waals surface area contributed by atoms with Crippen molar-refractivity contribution < 1.29 is 56.8 Å². The molecule has 93 heavy (non-hydrogen) atoms. The fourth-order valence-electron chi connectivity index (χ4n) is 10.9. The topological polar surface area (TPSA) is 278 Å². The highest BCUT2D eigenvalue weighted by Crippen LogP contribution is 2.50. The molecular formula is C69H76ClFN11O10S+. The van der Waals surface area contributed by atoms with Gasteiger partial charge in [0.1, 0.15) is 66.6 Å². The molecule has 5 aromatic carbocycles. The highest BCUT2D eigenvalue weighted by Gasteiger charge is 2.32. The van der Waals surface area contributed by atoms with Crippen LogP contribution in [0.5, 0.6) is 23.1 Å². The van der Waals surface area contributed by atoms with Crippen LogP contribution in [0.4, 0.5) is 14.9 Å². The van der Waals surface area contributed by atoms with Crippen molar-refractivity contribution in [1.29, 1.82) is 0 Å². The molecule has 0 bridgehead atoms. The minimum atomic E-state index is -1.44. The summed E-state index contributed by atoms with van der Waals surface area (Å²) in [5, 5.41) is 19.9. The number of likely N-dealkylation sites (N-methyl/N-ethyl adjacent to an activating group) is 1. The number of primary amides is 1. The summed E-state index contributed by atoms with van der Waals surface area (Å²) in [6, 6.07) is 29.4. The molecule has 0 radical (unpaired) electrons. The van der Waals surface area contributed by atoms with Crippen molar-refractivity contribution in [1.82, 2.24) is 35.5 Å². The van der Waals surface area contributed by atoms with E-state index in [0.29, 0.717) is 109 Å². The highest BCUT2D eigenvalue weighted by molar-refractivity contribution is 7.22. The lowest BCUT2D eigenvalue weighted by Gasteiger charge is -2.42. The number of aliphatic carboxylic acids is 1. The van der Waals surface area contributed by atoms with Crippen LogP contribution in [0.1, 0.15) is 54.6 Å². The number of hydrogen-bond acceptors (Lipinski definition) is 16. The normalized spacial score (nSPS) is 13.9. The van der Waals surface area contributed by atoms with Gasteiger partial charge in [0.2, 0.25) is 23.8 Å². The monoisotopic (exact) mass is 1300 g/mol. The molecule has 24 heteroatoms. The Morgan fingerprint density at radius 2 is 1.63 bits per heavy atom. The number of urea groups is 1. The van der Waals surface area contributed by atoms with Crippen LogP contribution in [-0.2, 0) is 45.3 Å². The molecular weight excluding hydrogens is 1230 g/mol. The Hall–Kier alpha value is -9.28. The molecule has 1 aliphatic heterocycles. The number of para-hydroxylation sites is 2. The van der Waals surface area contributed by atoms with E-state index in [1.165, 1.54) is 29.8 Å². The molecule has 9 rings (SSSR count). The van der Waals surface area contributed by atoms with Gasteiger partial charge in [-0.2, -0.15) is 0 Å². The standard InChI is InChI=1S/C69H75ClFN11O10S/c1-7-34-89-39-47-36-49(79-64(83)53(15-12-27-75-69(73)87)80-65(84)61(72)42(2)3)23-20-46(47)38-82(5)32-29-81(30-33-82)31-35-90-56-25-24-51(43(4)60(56)70)58-59-66(76-41-77-67(59)93-62(58)44-18-21-48(71)22-19-44)92-57(68(85)86)37-45-13-8-10-16-54(45)91-40-50-26-28-74-63(78-50)52-14-9-11-17-55(52)88-6/h1,8-11,13-14,16-26,28,36,41-42,53,57,61H,12,15,27,29-35,37-40,72H2,2-6H3,(H5-,73,75,79,80,83,84,85,86,87)/p+1/t53?,57-,61?/m1/s1. The van der Waals surface area contributed by atoms with Crippen LogP contribution in [0.25, 0.3) is 43.2 Å². The fourth-order valence-corrected chi connectivity index (χ4v) is 12.3. The molecule has 3 atom stereocenters. The number of terminal acetylenes is 1. The largest absolute Gasteiger partial charge is 0.496 e. The third kappa shape index (κ3) is 17.7. The molecule has 0 spiro atoms. The van der Waals surface area contributed by atoms with Crippen LogP contribution in [0.15, 0.2) is 122 Å². The van der Waals surface area contributed by atoms with Gasteiger partial charge < -0.3 is 60.7 Å². The number of piperazine rings is 1. The van der Waals surface area contributed by atoms with Crippen LogP contribution in [-0.4, -0.2) is 143 Å². The number of fused-ring (bicyclic) bond motifs is 1. The van der Waals surface area contributed by atoms with E-state index < -0.39 is 47.8 Å². The summed E-state index contributed by atoms with van der Waals surface area (Å²) >= 11 is 8.58. The second-order valence-corrected chi connectivity index (χ2v) is 24.6. The summed E-state index contributed by atoms with van der Waals surface area (Å²) in [6.07, 6.45) is 7.58. The van der Waals surface area contributed by atoms with E-state index in [4.69, 9.17) is 58.2 Å². The van der Waals surface area contributed by atoms with Gasteiger partial charge in [0, 0.05) is 60.5 Å². The third-order valence-electron chi connectivity index (χ3n) is 16.2. The number of benzene rings is 5. The molecule has 486 valence electrons. The molecule has 3 aromatic heterocycles. The number of carbonyl (C=O) groups is 4. The van der Waals surface area contributed by atoms with Crippen molar-refractivity contribution in [3.05, 3.63) is 161 Å². The Labute approximate surface area is 548 Å². The van der Waals surface area contributed by atoms with Crippen molar-refractivity contribution in [2.75, 3.05) is 72.0 Å². The minimum absolute atomic E-state index is 0.0303. The minimum Gasteiger partial charge on any atom is -0.496 e. The quantitative estimate of drug-likeness (QED) is 0.0139. The lowest BCUT2D eigenvalue weighted by Crippen LogP contribution is -2.57. The first-order valence-corrected chi connectivity index (χ1v) is 31.6. The number of rotatable bonds is 30. The predicted octanol–water partition coefficient (Wildman–Crippen LogP) is 9.59. The number of halogens is 2. The zero-order chi connectivity index (χ0) is 66.2. The van der Waals surface area contributed by atoms with Crippen LogP contribution in [0.2, 0.25) is 5.02 Å². The van der Waals surface area contributed by atoms with Gasteiger partial charge in [-0.1, -0.05) is 86.0 Å². The summed E-state index contributed by atoms with van der Waals surface area (Å²) < 4.78 is 45.8. The average Bonchev–Trinajstić information content (AvgIpc) is 1.62. The van der Waals surface area contributed by atoms with E-state index >= 15 is 0 Å². The van der Waals surface area contributed by atoms with Crippen molar-refractivity contribution >= 4 is 62.7 Å². The van der Waals surface area contributed by atoms with E-state index in [2.05, 4.69) is 48.8 Å². The maximum atomic E-state index is 14.5. The van der Waals surface area contributed by atoms with Gasteiger partial charge >= 0.3 is 12.0 Å². The number of nitrogens with one attached hydrogen (secondary N) is 3. The van der Waals surface area contributed by atoms with Gasteiger partial charge in [0.15, 0.2) is 5.82 Å². The molecule has 4 heterocycles. The molecule has 8 N–H and O–H groups in total. The van der Waals surface area contributed by atoms with Crippen molar-refractivity contribution in [2.45, 2.75) is 78.0 Å². The SMILES string of the molecule is C#CCOCc1cc(NC(=O)C(CCCNC(N)=O)NC(=O)C(N)C(C)C)ccc1C[N+]1(C)CCN(CCOc2ccc(-c3c(-c4ccc(F)cc4)sc4ncnc(O[C@H](Cc5ccccc5OCc5ccnc(-c6ccccc6OC)n5)C(=O)O)c34)c(C)c2Cl)CC1. The first kappa shape index (κ1) is 68.1. The second kappa shape index (κ2) is 31.8. The van der Waals surface area contributed by atoms with E-state index in [9.17, 15) is 28.7 Å². The van der Waals surface area contributed by atoms with Crippen molar-refractivity contribution in [2.24, 2.45) is 17.4 Å². The Balaban J connectivity index is 0.869. The van der Waals surface area contributed by atoms with Crippen molar-refractivity contribution in [3.8, 4) is 68.4 Å². The Bertz CT molecular complexity index is 3990. The third-order valence-corrected chi connectivity index (χ3v) is 17.8. The smallest absolute Gasteiger partial charge is 0.345 e. The van der Waals surface area contributed by atoms with Gasteiger partial charge in [-0.05, 0) is 108 Å². The number of carboxylic acids is 1. The number of ether oxygens (including phenoxy) is 5. The number of nitrogens with two attached hydrogens (primary N) is 2. The van der Waals surface area contributed by atoms with E-state index in [0.717, 1.165) is 47.4 Å². The molecule has 1 fully saturated rings. The molecule has 0 saturated carbocycles. The number of anilines is 1. The fraction of sp³-hybridized carbons (Fsp3) is 0.333. The predicted molar refractivity (Wildman–Crippen MR) is 355 cm³/mol. The summed E-state index contributed by atoms with van der Waals surface area (Å²) in [6.45, 7) is 11.0. The zero-order valence-corrected chi connectivity index (χ0v) is 54.0. The van der Waals surface area contributed by atoms with E-state index in [1.807, 2.05) is 75.4 Å². The maximum absolute atomic E-state index is 14.5. The van der Waals surface area contributed by atoms with Gasteiger partial charge in [-0.25, -0.2) is 33.9 Å². The molecule has 1 aliphatic rings. The molecule has 4 amide bonds. The zero-order valence-electron chi connectivity index (χ0n) is 52.5. The summed E-state index contributed by atoms with van der Waals surface area (Å²) in [5.74, 6) is 1.85. The number of amides is 4. The Morgan fingerprint density at radius 3 is 2.37 bits per heavy atom. The number of aromatic nitrogens is 4. The first-order valence-electron chi connectivity index (χ1n) is 30.4. The van der Waals surface area contributed by atoms with Gasteiger partial charge in [-0.15, -0.1) is 17.8 Å². The van der Waals surface area contributed by atoms with E-state index in [-0.39, 0.29) is 51.0 Å². The van der Waals surface area contributed by atoms with Crippen LogP contribution >= 0.6 is 22.9 Å². The number of methoxy groups -OCH3 is 1. The number of carboxylic acid groups (broad SMARTS) is 1. The highest BCUT2D eigenvalue weighted by atomic mass is 35.5. The van der Waals surface area contributed by atoms with Crippen LogP contribution < -0.4 is 46.4 Å². The summed E-state index contributed by atoms with van der Waals surface area (Å²) in [7, 11) is 3.80. The van der Waals surface area contributed by atoms with Gasteiger partial charge in [0.25, 0.3) is 0 Å². The molecule has 2 unspecified atom stereocenters. The molecule has 0 aliphatic carbocycles. The lowest BCUT2D eigenvalue weighted by atomic mass is 9.96. The number of carbonyl (C=O) groups excluding carboxylic acids is 3. The average molecular weight is 1310 g/mol.